The molecule has 41 heavy (non-hydrogen) atoms. The number of benzene rings is 1. The van der Waals surface area contributed by atoms with E-state index in [-0.39, 0.29) is 39.4 Å². The molecule has 2 amide bonds. The Morgan fingerprint density at radius 2 is 1.98 bits per heavy atom. The van der Waals surface area contributed by atoms with Gasteiger partial charge in [-0.3, -0.25) is 19.2 Å². The Morgan fingerprint density at radius 3 is 2.66 bits per heavy atom. The highest BCUT2D eigenvalue weighted by atomic mass is 35.5. The second-order valence-corrected chi connectivity index (χ2v) is 10.4. The number of aromatic nitrogens is 5. The van der Waals surface area contributed by atoms with Crippen molar-refractivity contribution in [2.24, 2.45) is 11.8 Å². The number of piperidine rings is 1. The minimum Gasteiger partial charge on any atom is -0.619 e. The first-order chi connectivity index (χ1) is 19.6. The third kappa shape index (κ3) is 4.97. The van der Waals surface area contributed by atoms with Gasteiger partial charge in [-0.05, 0) is 31.4 Å². The molecule has 4 aromatic rings. The van der Waals surface area contributed by atoms with Crippen LogP contribution in [-0.4, -0.2) is 38.1 Å². The topological polar surface area (TPSA) is 120 Å². The van der Waals surface area contributed by atoms with E-state index in [1.165, 1.54) is 6.20 Å². The number of hydrogen-bond acceptors (Lipinski definition) is 6. The van der Waals surface area contributed by atoms with Crippen LogP contribution in [0.15, 0.2) is 55.4 Å². The van der Waals surface area contributed by atoms with Gasteiger partial charge in [-0.2, -0.15) is 9.83 Å². The molecular formula is C27H21ClF3N7O3. The number of pyridine rings is 1. The van der Waals surface area contributed by atoms with Gasteiger partial charge in [-0.15, -0.1) is 0 Å². The lowest BCUT2D eigenvalue weighted by Crippen LogP contribution is -2.29. The van der Waals surface area contributed by atoms with Crippen LogP contribution in [0.5, 0.6) is 0 Å². The van der Waals surface area contributed by atoms with E-state index in [4.69, 9.17) is 11.6 Å². The van der Waals surface area contributed by atoms with E-state index < -0.39 is 34.3 Å². The summed E-state index contributed by atoms with van der Waals surface area (Å²) in [6.07, 6.45) is 5.88. The Labute approximate surface area is 236 Å². The van der Waals surface area contributed by atoms with Gasteiger partial charge < -0.3 is 10.5 Å². The molecule has 1 aromatic carbocycles. The number of amides is 2. The Hall–Kier alpha value is -4.52. The molecule has 3 atom stereocenters. The van der Waals surface area contributed by atoms with Crippen molar-refractivity contribution in [3.8, 4) is 11.1 Å². The number of nitrogens with one attached hydrogen (secondary N) is 1. The van der Waals surface area contributed by atoms with Crippen molar-refractivity contribution in [3.05, 3.63) is 88.1 Å². The first-order valence-electron chi connectivity index (χ1n) is 12.6. The fraction of sp³-hybridized carbons (Fsp3) is 0.259. The molecule has 1 saturated heterocycles. The van der Waals surface area contributed by atoms with Gasteiger partial charge >= 0.3 is 0 Å². The van der Waals surface area contributed by atoms with E-state index in [1.54, 1.807) is 28.2 Å². The van der Waals surface area contributed by atoms with Crippen molar-refractivity contribution in [1.29, 1.82) is 0 Å². The molecule has 3 aromatic heterocycles. The molecule has 14 heteroatoms. The quantitative estimate of drug-likeness (QED) is 0.252. The largest absolute Gasteiger partial charge is 0.619 e. The first-order valence-corrected chi connectivity index (χ1v) is 13.0. The molecule has 4 heterocycles. The summed E-state index contributed by atoms with van der Waals surface area (Å²) < 4.78 is 43.7. The van der Waals surface area contributed by atoms with E-state index in [0.29, 0.717) is 24.0 Å². The van der Waals surface area contributed by atoms with Crippen molar-refractivity contribution < 1.29 is 27.5 Å². The van der Waals surface area contributed by atoms with E-state index in [1.807, 2.05) is 6.92 Å². The van der Waals surface area contributed by atoms with Gasteiger partial charge in [0.1, 0.15) is 11.4 Å². The first kappa shape index (κ1) is 26.7. The highest BCUT2D eigenvalue weighted by Crippen LogP contribution is 2.46. The van der Waals surface area contributed by atoms with Gasteiger partial charge in [0.15, 0.2) is 12.4 Å². The average Bonchev–Trinajstić information content (AvgIpc) is 3.45. The summed E-state index contributed by atoms with van der Waals surface area (Å²) >= 11 is 5.79. The summed E-state index contributed by atoms with van der Waals surface area (Å²) in [5.41, 5.74) is -0.663. The zero-order chi connectivity index (χ0) is 29.0. The van der Waals surface area contributed by atoms with Crippen LogP contribution in [-0.2, 0) is 4.79 Å². The zero-order valence-corrected chi connectivity index (χ0v) is 22.1. The van der Waals surface area contributed by atoms with Gasteiger partial charge in [0.2, 0.25) is 11.9 Å². The summed E-state index contributed by atoms with van der Waals surface area (Å²) in [6, 6.07) is 2.77. The van der Waals surface area contributed by atoms with Gasteiger partial charge in [-0.1, -0.05) is 17.7 Å². The highest BCUT2D eigenvalue weighted by molar-refractivity contribution is 6.31. The van der Waals surface area contributed by atoms with Crippen LogP contribution < -0.4 is 14.9 Å². The van der Waals surface area contributed by atoms with Crippen molar-refractivity contribution in [3.63, 3.8) is 0 Å². The fourth-order valence-electron chi connectivity index (χ4n) is 4.97. The van der Waals surface area contributed by atoms with E-state index in [0.717, 1.165) is 37.0 Å². The predicted octanol–water partition coefficient (Wildman–Crippen LogP) is 4.55. The van der Waals surface area contributed by atoms with Crippen LogP contribution in [0.2, 0.25) is 5.02 Å². The number of rotatable bonds is 7. The zero-order valence-electron chi connectivity index (χ0n) is 21.3. The summed E-state index contributed by atoms with van der Waals surface area (Å²) in [5.74, 6) is -0.948. The SMILES string of the molecule is C[C@@H](c1cnc(N2C[C@H]3C[C@H]3C2=O)nc1)n1cc(NC(=O)c2cc(-c3c(C(F)F)ccc(Cl)c3F)c[n+]([O-])c2)cn1. The smallest absolute Gasteiger partial charge is 0.264 e. The van der Waals surface area contributed by atoms with Gasteiger partial charge in [0, 0.05) is 47.7 Å². The molecule has 210 valence electrons. The molecule has 0 unspecified atom stereocenters. The van der Waals surface area contributed by atoms with E-state index >= 15 is 0 Å². The standard InChI is InChI=1S/C27H21ClF3N7O3/c1-13(17-6-32-27(33-7-17)37-11-14-5-20(14)26(37)40)38-12-18(8-34-38)35-25(39)16-4-15(9-36(41)10-16)22-19(24(30)31)2-3-21(28)23(22)29/h2-4,6-10,12-14,20,24H,5,11H2,1H3,(H,35,39)/t13-,14+,20+/m0/s1. The molecule has 1 N–H and O–H groups in total. The average molecular weight is 584 g/mol. The second kappa shape index (κ2) is 10.1. The molecule has 6 rings (SSSR count). The Morgan fingerprint density at radius 1 is 1.22 bits per heavy atom. The number of carbonyl (C=O) groups is 2. The van der Waals surface area contributed by atoms with Crippen LogP contribution in [0.1, 0.15) is 47.3 Å². The number of hydrogen-bond donors (Lipinski definition) is 1. The number of anilines is 2. The summed E-state index contributed by atoms with van der Waals surface area (Å²) in [7, 11) is 0. The molecular weight excluding hydrogens is 563 g/mol. The second-order valence-electron chi connectivity index (χ2n) is 10.0. The number of carbonyl (C=O) groups excluding carboxylic acids is 2. The maximum atomic E-state index is 14.8. The van der Waals surface area contributed by atoms with Crippen molar-refractivity contribution >= 4 is 35.1 Å². The molecule has 0 radical (unpaired) electrons. The lowest BCUT2D eigenvalue weighted by Gasteiger charge is -2.17. The minimum atomic E-state index is -3.04. The van der Waals surface area contributed by atoms with Crippen LogP contribution >= 0.6 is 11.6 Å². The maximum Gasteiger partial charge on any atom is 0.264 e. The number of alkyl halides is 2. The van der Waals surface area contributed by atoms with Crippen LogP contribution in [0.3, 0.4) is 0 Å². The molecule has 1 aliphatic heterocycles. The lowest BCUT2D eigenvalue weighted by atomic mass is 9.99. The third-order valence-corrected chi connectivity index (χ3v) is 7.61. The Bertz CT molecular complexity index is 1680. The molecule has 0 spiro atoms. The van der Waals surface area contributed by atoms with Crippen molar-refractivity contribution in [2.75, 3.05) is 16.8 Å². The maximum absolute atomic E-state index is 14.8. The number of halogens is 4. The fourth-order valence-corrected chi connectivity index (χ4v) is 5.13. The monoisotopic (exact) mass is 583 g/mol. The lowest BCUT2D eigenvalue weighted by molar-refractivity contribution is -0.604. The van der Waals surface area contributed by atoms with Gasteiger partial charge in [0.25, 0.3) is 12.3 Å². The summed E-state index contributed by atoms with van der Waals surface area (Å²) in [5, 5.41) is 18.7. The minimum absolute atomic E-state index is 0.0588. The summed E-state index contributed by atoms with van der Waals surface area (Å²) in [4.78, 5) is 35.5. The number of fused-ring (bicyclic) bond motifs is 1. The molecule has 1 aliphatic carbocycles. The van der Waals surface area contributed by atoms with E-state index in [9.17, 15) is 28.0 Å². The highest BCUT2D eigenvalue weighted by Gasteiger charge is 2.53. The third-order valence-electron chi connectivity index (χ3n) is 7.32. The van der Waals surface area contributed by atoms with E-state index in [2.05, 4.69) is 20.4 Å². The Balaban J connectivity index is 1.19. The number of nitrogens with zero attached hydrogens (tertiary/aromatic N) is 6. The normalized spacial score (nSPS) is 18.5. The predicted molar refractivity (Wildman–Crippen MR) is 141 cm³/mol. The molecule has 2 aliphatic rings. The molecule has 2 fully saturated rings. The van der Waals surface area contributed by atoms with Crippen molar-refractivity contribution in [1.82, 2.24) is 19.7 Å². The molecule has 10 nitrogen and oxygen atoms in total. The molecule has 0 bridgehead atoms. The van der Waals surface area contributed by atoms with Crippen LogP contribution in [0, 0.1) is 22.9 Å². The van der Waals surface area contributed by atoms with Crippen LogP contribution in [0.4, 0.5) is 24.8 Å². The van der Waals surface area contributed by atoms with Crippen molar-refractivity contribution in [2.45, 2.75) is 25.8 Å². The molecule has 1 saturated carbocycles. The summed E-state index contributed by atoms with van der Waals surface area (Å²) in [6.45, 7) is 2.48. The van der Waals surface area contributed by atoms with Gasteiger partial charge in [0.05, 0.1) is 28.5 Å². The van der Waals surface area contributed by atoms with Gasteiger partial charge in [-0.25, -0.2) is 23.1 Å². The Kier molecular flexibility index (Phi) is 6.60. The van der Waals surface area contributed by atoms with Crippen LogP contribution in [0.25, 0.3) is 11.1 Å².